The van der Waals surface area contributed by atoms with Crippen molar-refractivity contribution in [3.8, 4) is 5.69 Å². The lowest BCUT2D eigenvalue weighted by Gasteiger charge is -2.23. The molecule has 3 nitrogen and oxygen atoms in total. The van der Waals surface area contributed by atoms with E-state index in [-0.39, 0.29) is 11.6 Å². The van der Waals surface area contributed by atoms with Gasteiger partial charge in [-0.3, -0.25) is 4.57 Å². The van der Waals surface area contributed by atoms with E-state index in [9.17, 15) is 13.2 Å². The van der Waals surface area contributed by atoms with Gasteiger partial charge in [-0.05, 0) is 25.9 Å². The highest BCUT2D eigenvalue weighted by Gasteiger charge is 2.22. The second kappa shape index (κ2) is 5.28. The topological polar surface area (TPSA) is 29.9 Å². The third-order valence-electron chi connectivity index (χ3n) is 3.66. The molecule has 1 N–H and O–H groups in total. The Morgan fingerprint density at radius 1 is 1.15 bits per heavy atom. The molecule has 0 bridgehead atoms. The van der Waals surface area contributed by atoms with E-state index < -0.39 is 17.5 Å². The Labute approximate surface area is 114 Å². The minimum Gasteiger partial charge on any atom is -0.317 e. The van der Waals surface area contributed by atoms with Gasteiger partial charge in [-0.25, -0.2) is 18.2 Å². The first-order valence-corrected chi connectivity index (χ1v) is 6.54. The fourth-order valence-corrected chi connectivity index (χ4v) is 2.64. The Morgan fingerprint density at radius 3 is 2.65 bits per heavy atom. The summed E-state index contributed by atoms with van der Waals surface area (Å²) in [5.74, 6) is -2.84. The van der Waals surface area contributed by atoms with E-state index in [0.717, 1.165) is 37.7 Å². The van der Waals surface area contributed by atoms with Gasteiger partial charge in [-0.15, -0.1) is 0 Å². The summed E-state index contributed by atoms with van der Waals surface area (Å²) in [4.78, 5) is 4.01. The van der Waals surface area contributed by atoms with Gasteiger partial charge in [-0.2, -0.15) is 0 Å². The standard InChI is InChI=1S/C14H14F3N3/c15-10-5-11(16)14(17)12(6-10)20-8-19-7-13(20)9-1-3-18-4-2-9/h5-9,18H,1-4H2. The van der Waals surface area contributed by atoms with Crippen LogP contribution in [-0.2, 0) is 0 Å². The summed E-state index contributed by atoms with van der Waals surface area (Å²) in [7, 11) is 0. The van der Waals surface area contributed by atoms with E-state index in [1.807, 2.05) is 0 Å². The van der Waals surface area contributed by atoms with Crippen LogP contribution in [0.2, 0.25) is 0 Å². The molecule has 0 saturated carbocycles. The van der Waals surface area contributed by atoms with Gasteiger partial charge in [0, 0.05) is 29.9 Å². The lowest BCUT2D eigenvalue weighted by molar-refractivity contribution is 0.445. The molecule has 0 aliphatic carbocycles. The van der Waals surface area contributed by atoms with Gasteiger partial charge < -0.3 is 5.32 Å². The molecule has 0 amide bonds. The number of rotatable bonds is 2. The quantitative estimate of drug-likeness (QED) is 0.858. The summed E-state index contributed by atoms with van der Waals surface area (Å²) in [6.07, 6.45) is 4.82. The predicted octanol–water partition coefficient (Wildman–Crippen LogP) is 2.76. The molecule has 1 aromatic heterocycles. The first-order chi connectivity index (χ1) is 9.66. The zero-order chi connectivity index (χ0) is 14.1. The second-order valence-corrected chi connectivity index (χ2v) is 4.93. The molecule has 0 radical (unpaired) electrons. The minimum atomic E-state index is -1.19. The van der Waals surface area contributed by atoms with Gasteiger partial charge in [0.05, 0.1) is 12.0 Å². The van der Waals surface area contributed by atoms with Gasteiger partial charge in [-0.1, -0.05) is 0 Å². The Bertz CT molecular complexity index is 618. The monoisotopic (exact) mass is 281 g/mol. The van der Waals surface area contributed by atoms with Crippen LogP contribution in [0.1, 0.15) is 24.5 Å². The SMILES string of the molecule is Fc1cc(F)c(F)c(-n2cncc2C2CCNCC2)c1. The fraction of sp³-hybridized carbons (Fsp3) is 0.357. The summed E-state index contributed by atoms with van der Waals surface area (Å²) in [6, 6.07) is 1.53. The highest BCUT2D eigenvalue weighted by molar-refractivity contribution is 5.37. The highest BCUT2D eigenvalue weighted by atomic mass is 19.2. The van der Waals surface area contributed by atoms with E-state index in [2.05, 4.69) is 10.3 Å². The van der Waals surface area contributed by atoms with Crippen molar-refractivity contribution in [1.82, 2.24) is 14.9 Å². The lowest BCUT2D eigenvalue weighted by atomic mass is 9.95. The normalized spacial score (nSPS) is 16.6. The number of imidazole rings is 1. The molecule has 1 fully saturated rings. The molecule has 106 valence electrons. The van der Waals surface area contributed by atoms with Gasteiger partial charge in [0.1, 0.15) is 5.82 Å². The molecule has 0 unspecified atom stereocenters. The van der Waals surface area contributed by atoms with Gasteiger partial charge >= 0.3 is 0 Å². The van der Waals surface area contributed by atoms with Crippen molar-refractivity contribution >= 4 is 0 Å². The Balaban J connectivity index is 2.05. The fourth-order valence-electron chi connectivity index (χ4n) is 2.64. The minimum absolute atomic E-state index is 0.131. The molecule has 0 spiro atoms. The van der Waals surface area contributed by atoms with Gasteiger partial charge in [0.2, 0.25) is 0 Å². The molecule has 0 atom stereocenters. The summed E-state index contributed by atoms with van der Waals surface area (Å²) < 4.78 is 42.0. The van der Waals surface area contributed by atoms with Gasteiger partial charge in [0.15, 0.2) is 11.6 Å². The number of hydrogen-bond acceptors (Lipinski definition) is 2. The summed E-state index contributed by atoms with van der Waals surface area (Å²) in [5, 5.41) is 3.24. The molecule has 3 rings (SSSR count). The number of benzene rings is 1. The lowest BCUT2D eigenvalue weighted by Crippen LogP contribution is -2.27. The first kappa shape index (κ1) is 13.2. The maximum Gasteiger partial charge on any atom is 0.183 e. The first-order valence-electron chi connectivity index (χ1n) is 6.54. The smallest absolute Gasteiger partial charge is 0.183 e. The number of halogens is 3. The molecular formula is C14H14F3N3. The Hall–Kier alpha value is -1.82. The van der Waals surface area contributed by atoms with Crippen LogP contribution in [0.15, 0.2) is 24.7 Å². The zero-order valence-electron chi connectivity index (χ0n) is 10.7. The van der Waals surface area contributed by atoms with Crippen molar-refractivity contribution in [2.75, 3.05) is 13.1 Å². The summed E-state index contributed by atoms with van der Waals surface area (Å²) >= 11 is 0. The number of aromatic nitrogens is 2. The third-order valence-corrected chi connectivity index (χ3v) is 3.66. The van der Waals surface area contributed by atoms with Crippen molar-refractivity contribution in [3.05, 3.63) is 47.8 Å². The maximum absolute atomic E-state index is 13.9. The van der Waals surface area contributed by atoms with Crippen LogP contribution >= 0.6 is 0 Å². The molecule has 1 aliphatic heterocycles. The van der Waals surface area contributed by atoms with Crippen LogP contribution in [0, 0.1) is 17.5 Å². The average molecular weight is 281 g/mol. The van der Waals surface area contributed by atoms with Crippen molar-refractivity contribution in [1.29, 1.82) is 0 Å². The maximum atomic E-state index is 13.9. The highest BCUT2D eigenvalue weighted by Crippen LogP contribution is 2.28. The van der Waals surface area contributed by atoms with E-state index >= 15 is 0 Å². The summed E-state index contributed by atoms with van der Waals surface area (Å²) in [5.41, 5.74) is 0.656. The van der Waals surface area contributed by atoms with Crippen LogP contribution in [0.25, 0.3) is 5.69 Å². The summed E-state index contributed by atoms with van der Waals surface area (Å²) in [6.45, 7) is 1.74. The second-order valence-electron chi connectivity index (χ2n) is 4.93. The largest absolute Gasteiger partial charge is 0.317 e. The van der Waals surface area contributed by atoms with Crippen LogP contribution < -0.4 is 5.32 Å². The molecule has 1 saturated heterocycles. The molecule has 2 heterocycles. The van der Waals surface area contributed by atoms with Crippen LogP contribution in [0.5, 0.6) is 0 Å². The molecule has 2 aromatic rings. The molecule has 1 aliphatic rings. The molecule has 1 aromatic carbocycles. The van der Waals surface area contributed by atoms with Crippen LogP contribution in [0.4, 0.5) is 13.2 Å². The van der Waals surface area contributed by atoms with E-state index in [4.69, 9.17) is 0 Å². The third kappa shape index (κ3) is 2.31. The van der Waals surface area contributed by atoms with Crippen molar-refractivity contribution in [3.63, 3.8) is 0 Å². The van der Waals surface area contributed by atoms with Crippen LogP contribution in [0.3, 0.4) is 0 Å². The number of nitrogens with zero attached hydrogens (tertiary/aromatic N) is 2. The van der Waals surface area contributed by atoms with Crippen molar-refractivity contribution in [2.45, 2.75) is 18.8 Å². The predicted molar refractivity (Wildman–Crippen MR) is 68.3 cm³/mol. The van der Waals surface area contributed by atoms with E-state index in [1.54, 1.807) is 6.20 Å². The number of nitrogens with one attached hydrogen (secondary N) is 1. The van der Waals surface area contributed by atoms with Crippen molar-refractivity contribution < 1.29 is 13.2 Å². The van der Waals surface area contributed by atoms with Gasteiger partial charge in [0.25, 0.3) is 0 Å². The Kier molecular flexibility index (Phi) is 3.48. The zero-order valence-corrected chi connectivity index (χ0v) is 10.7. The number of piperidine rings is 1. The van der Waals surface area contributed by atoms with E-state index in [1.165, 1.54) is 10.9 Å². The van der Waals surface area contributed by atoms with Crippen LogP contribution in [-0.4, -0.2) is 22.6 Å². The number of hydrogen-bond donors (Lipinski definition) is 1. The average Bonchev–Trinajstić information content (AvgIpc) is 2.93. The Morgan fingerprint density at radius 2 is 1.90 bits per heavy atom. The molecule has 6 heteroatoms. The van der Waals surface area contributed by atoms with E-state index in [0.29, 0.717) is 6.07 Å². The van der Waals surface area contributed by atoms with Crippen molar-refractivity contribution in [2.24, 2.45) is 0 Å². The molecule has 20 heavy (non-hydrogen) atoms. The molecular weight excluding hydrogens is 267 g/mol.